The molecule has 1 atom stereocenters. The maximum Gasteiger partial charge on any atom is 0.221 e. The summed E-state index contributed by atoms with van der Waals surface area (Å²) in [5, 5.41) is 5.46. The highest BCUT2D eigenvalue weighted by Gasteiger charge is 2.25. The Morgan fingerprint density at radius 2 is 2.14 bits per heavy atom. The molecule has 2 N–H and O–H groups in total. The lowest BCUT2D eigenvalue weighted by atomic mass is 10.2. The van der Waals surface area contributed by atoms with Gasteiger partial charge < -0.3 is 10.6 Å². The van der Waals surface area contributed by atoms with Gasteiger partial charge in [-0.05, 0) is 6.07 Å². The largest absolute Gasteiger partial charge is 0.352 e. The number of halogens is 2. The van der Waals surface area contributed by atoms with Gasteiger partial charge >= 0.3 is 0 Å². The molecule has 116 valence electrons. The quantitative estimate of drug-likeness (QED) is 0.840. The van der Waals surface area contributed by atoms with Crippen molar-refractivity contribution in [2.45, 2.75) is 19.0 Å². The molecule has 1 amide bonds. The minimum atomic E-state index is -3.10. The van der Waals surface area contributed by atoms with Crippen LogP contribution in [0, 0.1) is 11.6 Å². The summed E-state index contributed by atoms with van der Waals surface area (Å²) in [5.74, 6) is -1.79. The number of rotatable bonds is 4. The Balaban J connectivity index is 1.85. The zero-order chi connectivity index (χ0) is 15.5. The predicted octanol–water partition coefficient (Wildman–Crippen LogP) is 0.358. The number of amides is 1. The van der Waals surface area contributed by atoms with Crippen molar-refractivity contribution in [2.75, 3.05) is 18.1 Å². The van der Waals surface area contributed by atoms with Crippen molar-refractivity contribution in [1.82, 2.24) is 10.6 Å². The molecule has 1 aliphatic heterocycles. The molecule has 1 unspecified atom stereocenters. The van der Waals surface area contributed by atoms with E-state index in [9.17, 15) is 22.0 Å². The van der Waals surface area contributed by atoms with E-state index in [-0.39, 0.29) is 35.9 Å². The fraction of sp³-hybridized carbons (Fsp3) is 0.462. The summed E-state index contributed by atoms with van der Waals surface area (Å²) in [5.41, 5.74) is 0.175. The Morgan fingerprint density at radius 1 is 1.38 bits per heavy atom. The minimum absolute atomic E-state index is 0.00203. The molecular formula is C13H16F2N2O3S. The van der Waals surface area contributed by atoms with Crippen LogP contribution in [0.2, 0.25) is 0 Å². The molecule has 8 heteroatoms. The first-order valence-electron chi connectivity index (χ1n) is 6.50. The van der Waals surface area contributed by atoms with Gasteiger partial charge in [-0.3, -0.25) is 4.79 Å². The standard InChI is InChI=1S/C13H16F2N2O3S/c14-10-2-1-9(12(15)5-10)7-17-13(18)6-11-8-21(19,20)4-3-16-11/h1-2,5,11,16H,3-4,6-8H2,(H,17,18). The normalized spacial score (nSPS) is 21.0. The van der Waals surface area contributed by atoms with Gasteiger partial charge in [-0.25, -0.2) is 17.2 Å². The molecule has 21 heavy (non-hydrogen) atoms. The van der Waals surface area contributed by atoms with Gasteiger partial charge in [0.05, 0.1) is 11.5 Å². The molecular weight excluding hydrogens is 302 g/mol. The Morgan fingerprint density at radius 3 is 2.81 bits per heavy atom. The van der Waals surface area contributed by atoms with Crippen LogP contribution in [0.15, 0.2) is 18.2 Å². The first kappa shape index (κ1) is 15.8. The molecule has 2 rings (SSSR count). The van der Waals surface area contributed by atoms with Crippen molar-refractivity contribution in [2.24, 2.45) is 0 Å². The lowest BCUT2D eigenvalue weighted by Crippen LogP contribution is -2.47. The topological polar surface area (TPSA) is 75.3 Å². The van der Waals surface area contributed by atoms with Crippen molar-refractivity contribution < 1.29 is 22.0 Å². The van der Waals surface area contributed by atoms with Gasteiger partial charge in [0.25, 0.3) is 0 Å². The van der Waals surface area contributed by atoms with Crippen LogP contribution in [0.1, 0.15) is 12.0 Å². The summed E-state index contributed by atoms with van der Waals surface area (Å²) >= 11 is 0. The molecule has 0 bridgehead atoms. The molecule has 0 radical (unpaired) electrons. The number of carbonyl (C=O) groups is 1. The van der Waals surface area contributed by atoms with Crippen LogP contribution in [-0.2, 0) is 21.2 Å². The van der Waals surface area contributed by atoms with Crippen molar-refractivity contribution in [3.05, 3.63) is 35.4 Å². The number of hydrogen-bond donors (Lipinski definition) is 2. The van der Waals surface area contributed by atoms with E-state index in [4.69, 9.17) is 0 Å². The SMILES string of the molecule is O=C(CC1CS(=O)(=O)CCN1)NCc1ccc(F)cc1F. The summed E-state index contributed by atoms with van der Waals surface area (Å²) in [6.07, 6.45) is 0.00203. The van der Waals surface area contributed by atoms with Crippen LogP contribution >= 0.6 is 0 Å². The summed E-state index contributed by atoms with van der Waals surface area (Å²) in [6, 6.07) is 2.69. The van der Waals surface area contributed by atoms with Crippen molar-refractivity contribution >= 4 is 15.7 Å². The highest BCUT2D eigenvalue weighted by Crippen LogP contribution is 2.10. The molecule has 1 aromatic carbocycles. The van der Waals surface area contributed by atoms with Crippen LogP contribution in [0.25, 0.3) is 0 Å². The van der Waals surface area contributed by atoms with Crippen molar-refractivity contribution in [3.8, 4) is 0 Å². The van der Waals surface area contributed by atoms with Crippen LogP contribution < -0.4 is 10.6 Å². The number of nitrogens with one attached hydrogen (secondary N) is 2. The highest BCUT2D eigenvalue weighted by atomic mass is 32.2. The van der Waals surface area contributed by atoms with Gasteiger partial charge in [-0.15, -0.1) is 0 Å². The van der Waals surface area contributed by atoms with E-state index >= 15 is 0 Å². The van der Waals surface area contributed by atoms with Gasteiger partial charge in [-0.2, -0.15) is 0 Å². The Kier molecular flexibility index (Phi) is 4.89. The van der Waals surface area contributed by atoms with Gasteiger partial charge in [0, 0.05) is 37.2 Å². The predicted molar refractivity (Wildman–Crippen MR) is 73.3 cm³/mol. The second kappa shape index (κ2) is 6.48. The average Bonchev–Trinajstić information content (AvgIpc) is 2.36. The number of carbonyl (C=O) groups excluding carboxylic acids is 1. The zero-order valence-corrected chi connectivity index (χ0v) is 12.1. The Bertz CT molecular complexity index is 634. The average molecular weight is 318 g/mol. The van der Waals surface area contributed by atoms with Crippen LogP contribution in [0.5, 0.6) is 0 Å². The van der Waals surface area contributed by atoms with E-state index in [1.54, 1.807) is 0 Å². The molecule has 1 saturated heterocycles. The fourth-order valence-corrected chi connectivity index (χ4v) is 3.60. The minimum Gasteiger partial charge on any atom is -0.352 e. The van der Waals surface area contributed by atoms with E-state index in [0.29, 0.717) is 6.54 Å². The van der Waals surface area contributed by atoms with Gasteiger partial charge in [0.15, 0.2) is 9.84 Å². The molecule has 0 aromatic heterocycles. The fourth-order valence-electron chi connectivity index (χ4n) is 2.15. The lowest BCUT2D eigenvalue weighted by molar-refractivity contribution is -0.121. The first-order chi connectivity index (χ1) is 9.85. The smallest absolute Gasteiger partial charge is 0.221 e. The third-order valence-electron chi connectivity index (χ3n) is 3.22. The molecule has 1 fully saturated rings. The van der Waals surface area contributed by atoms with Crippen LogP contribution in [0.3, 0.4) is 0 Å². The van der Waals surface area contributed by atoms with Gasteiger partial charge in [0.1, 0.15) is 11.6 Å². The van der Waals surface area contributed by atoms with Crippen LogP contribution in [0.4, 0.5) is 8.78 Å². The van der Waals surface area contributed by atoms with E-state index in [2.05, 4.69) is 10.6 Å². The summed E-state index contributed by atoms with van der Waals surface area (Å²) < 4.78 is 49.0. The second-order valence-corrected chi connectivity index (χ2v) is 7.21. The van der Waals surface area contributed by atoms with Crippen molar-refractivity contribution in [1.29, 1.82) is 0 Å². The van der Waals surface area contributed by atoms with E-state index in [0.717, 1.165) is 12.1 Å². The maximum atomic E-state index is 13.4. The first-order valence-corrected chi connectivity index (χ1v) is 8.32. The molecule has 5 nitrogen and oxygen atoms in total. The number of hydrogen-bond acceptors (Lipinski definition) is 4. The molecule has 1 aliphatic rings. The molecule has 0 saturated carbocycles. The highest BCUT2D eigenvalue weighted by molar-refractivity contribution is 7.91. The second-order valence-electron chi connectivity index (χ2n) is 4.98. The molecule has 1 aromatic rings. The van der Waals surface area contributed by atoms with Crippen LogP contribution in [-0.4, -0.2) is 38.4 Å². The van der Waals surface area contributed by atoms with E-state index in [1.165, 1.54) is 6.07 Å². The van der Waals surface area contributed by atoms with E-state index < -0.39 is 27.5 Å². The van der Waals surface area contributed by atoms with Gasteiger partial charge in [0.2, 0.25) is 5.91 Å². The summed E-state index contributed by atoms with van der Waals surface area (Å²) in [6.45, 7) is 0.261. The molecule has 1 heterocycles. The zero-order valence-electron chi connectivity index (χ0n) is 11.2. The Hall–Kier alpha value is -1.54. The Labute approximate surface area is 121 Å². The lowest BCUT2D eigenvalue weighted by Gasteiger charge is -2.23. The summed E-state index contributed by atoms with van der Waals surface area (Å²) in [4.78, 5) is 11.7. The monoisotopic (exact) mass is 318 g/mol. The van der Waals surface area contributed by atoms with Gasteiger partial charge in [-0.1, -0.05) is 6.07 Å². The maximum absolute atomic E-state index is 13.4. The third-order valence-corrected chi connectivity index (χ3v) is 4.96. The number of sulfone groups is 1. The number of benzene rings is 1. The third kappa shape index (κ3) is 4.75. The molecule has 0 spiro atoms. The molecule has 0 aliphatic carbocycles. The summed E-state index contributed by atoms with van der Waals surface area (Å²) in [7, 11) is -3.10. The van der Waals surface area contributed by atoms with Crippen molar-refractivity contribution in [3.63, 3.8) is 0 Å². The van der Waals surface area contributed by atoms with E-state index in [1.807, 2.05) is 0 Å².